The van der Waals surface area contributed by atoms with Crippen molar-refractivity contribution in [3.8, 4) is 11.5 Å². The summed E-state index contributed by atoms with van der Waals surface area (Å²) in [6.45, 7) is 0.377. The van der Waals surface area contributed by atoms with Gasteiger partial charge in [0.2, 0.25) is 11.8 Å². The van der Waals surface area contributed by atoms with Crippen LogP contribution in [-0.2, 0) is 29.0 Å². The molecule has 224 valence electrons. The Kier molecular flexibility index (Phi) is 11.1. The highest BCUT2D eigenvalue weighted by Gasteiger charge is 2.28. The maximum absolute atomic E-state index is 14.0. The molecule has 3 aromatic carbocycles. The Bertz CT molecular complexity index is 1430. The summed E-state index contributed by atoms with van der Waals surface area (Å²) in [6, 6.07) is 25.1. The Morgan fingerprint density at radius 3 is 1.91 bits per heavy atom. The van der Waals surface area contributed by atoms with Crippen molar-refractivity contribution in [1.82, 2.24) is 15.6 Å². The molecule has 0 saturated heterocycles. The van der Waals surface area contributed by atoms with Crippen molar-refractivity contribution in [2.45, 2.75) is 37.8 Å². The summed E-state index contributed by atoms with van der Waals surface area (Å²) < 4.78 is 10.6. The molecule has 4 rings (SSSR count). The van der Waals surface area contributed by atoms with Gasteiger partial charge < -0.3 is 30.9 Å². The number of aliphatic hydroxyl groups is 1. The zero-order chi connectivity index (χ0) is 30.6. The van der Waals surface area contributed by atoms with Crippen LogP contribution in [0.4, 0.5) is 5.82 Å². The Morgan fingerprint density at radius 1 is 0.791 bits per heavy atom. The number of nitrogens with two attached hydrogens (primary N) is 1. The number of anilines is 1. The molecule has 0 aliphatic carbocycles. The molecule has 0 aliphatic rings. The number of aromatic nitrogens is 1. The predicted molar refractivity (Wildman–Crippen MR) is 166 cm³/mol. The van der Waals surface area contributed by atoms with Crippen molar-refractivity contribution in [1.29, 1.82) is 0 Å². The lowest BCUT2D eigenvalue weighted by atomic mass is 9.89. The quantitative estimate of drug-likeness (QED) is 0.178. The molecule has 0 spiro atoms. The molecule has 0 radical (unpaired) electrons. The van der Waals surface area contributed by atoms with Crippen molar-refractivity contribution in [3.05, 3.63) is 119 Å². The van der Waals surface area contributed by atoms with Gasteiger partial charge in [-0.25, -0.2) is 4.98 Å². The van der Waals surface area contributed by atoms with E-state index >= 15 is 0 Å². The first-order valence-corrected chi connectivity index (χ1v) is 14.1. The second-order valence-corrected chi connectivity index (χ2v) is 10.2. The van der Waals surface area contributed by atoms with E-state index in [1.165, 1.54) is 0 Å². The third kappa shape index (κ3) is 8.80. The topological polar surface area (TPSA) is 136 Å². The molecule has 2 amide bonds. The third-order valence-electron chi connectivity index (χ3n) is 7.25. The van der Waals surface area contributed by atoms with Crippen LogP contribution in [0.3, 0.4) is 0 Å². The van der Waals surface area contributed by atoms with Gasteiger partial charge in [0.25, 0.3) is 0 Å². The van der Waals surface area contributed by atoms with Crippen LogP contribution in [0.25, 0.3) is 0 Å². The average Bonchev–Trinajstić information content (AvgIpc) is 3.03. The van der Waals surface area contributed by atoms with E-state index in [-0.39, 0.29) is 18.4 Å². The van der Waals surface area contributed by atoms with E-state index in [4.69, 9.17) is 20.3 Å². The van der Waals surface area contributed by atoms with Gasteiger partial charge in [0, 0.05) is 19.3 Å². The minimum atomic E-state index is -0.811. The lowest BCUT2D eigenvalue weighted by molar-refractivity contribution is -0.129. The molecule has 0 bridgehead atoms. The second-order valence-electron chi connectivity index (χ2n) is 10.2. The van der Waals surface area contributed by atoms with Gasteiger partial charge in [-0.3, -0.25) is 9.59 Å². The van der Waals surface area contributed by atoms with Gasteiger partial charge in [-0.05, 0) is 83.5 Å². The van der Waals surface area contributed by atoms with Gasteiger partial charge in [0.1, 0.15) is 23.4 Å². The van der Waals surface area contributed by atoms with Crippen LogP contribution >= 0.6 is 0 Å². The molecule has 0 saturated carbocycles. The molecule has 9 heteroatoms. The Labute approximate surface area is 252 Å². The number of carbonyl (C=O) groups is 2. The molecule has 4 aromatic rings. The summed E-state index contributed by atoms with van der Waals surface area (Å²) in [4.78, 5) is 31.6. The van der Waals surface area contributed by atoms with Crippen molar-refractivity contribution in [3.63, 3.8) is 0 Å². The number of methoxy groups -OCH3 is 2. The van der Waals surface area contributed by atoms with Gasteiger partial charge in [-0.2, -0.15) is 0 Å². The first kappa shape index (κ1) is 31.1. The highest BCUT2D eigenvalue weighted by Crippen LogP contribution is 2.28. The van der Waals surface area contributed by atoms with Crippen LogP contribution in [0.15, 0.2) is 91.1 Å². The number of benzene rings is 3. The Hall–Kier alpha value is -4.89. The molecule has 1 aromatic heterocycles. The summed E-state index contributed by atoms with van der Waals surface area (Å²) in [5.41, 5.74) is 10.2. The first-order chi connectivity index (χ1) is 20.9. The van der Waals surface area contributed by atoms with Gasteiger partial charge in [0.05, 0.1) is 20.1 Å². The van der Waals surface area contributed by atoms with Crippen molar-refractivity contribution in [2.75, 3.05) is 26.6 Å². The number of ether oxygens (including phenoxy) is 2. The van der Waals surface area contributed by atoms with E-state index in [9.17, 15) is 9.59 Å². The van der Waals surface area contributed by atoms with Gasteiger partial charge in [0.15, 0.2) is 0 Å². The molecule has 9 nitrogen and oxygen atoms in total. The fourth-order valence-electron chi connectivity index (χ4n) is 4.84. The number of nitrogens with one attached hydrogen (secondary N) is 2. The normalized spacial score (nSPS) is 11.5. The highest BCUT2D eigenvalue weighted by atomic mass is 16.5. The van der Waals surface area contributed by atoms with E-state index in [0.717, 1.165) is 27.8 Å². The summed E-state index contributed by atoms with van der Waals surface area (Å²) in [7, 11) is 3.18. The zero-order valence-corrected chi connectivity index (χ0v) is 24.5. The minimum Gasteiger partial charge on any atom is -0.497 e. The number of hydrogen-bond acceptors (Lipinski definition) is 7. The van der Waals surface area contributed by atoms with E-state index in [2.05, 4.69) is 15.6 Å². The molecular weight excluding hydrogens is 544 g/mol. The lowest BCUT2D eigenvalue weighted by Crippen LogP contribution is -2.48. The molecule has 1 heterocycles. The molecule has 0 fully saturated rings. The minimum absolute atomic E-state index is 0.0780. The molecule has 1 unspecified atom stereocenters. The van der Waals surface area contributed by atoms with Gasteiger partial charge in [-0.1, -0.05) is 48.5 Å². The molecule has 43 heavy (non-hydrogen) atoms. The zero-order valence-electron chi connectivity index (χ0n) is 24.5. The van der Waals surface area contributed by atoms with Crippen LogP contribution in [0, 0.1) is 0 Å². The van der Waals surface area contributed by atoms with Crippen LogP contribution in [0.5, 0.6) is 11.5 Å². The number of rotatable bonds is 14. The molecule has 1 atom stereocenters. The number of aryl methyl sites for hydroxylation is 1. The maximum atomic E-state index is 14.0. The standard InChI is InChI=1S/C34H38N4O5/c1-42-28-12-8-26(9-13-28)32(27-10-14-29(43-2)15-11-27)34(41)38-30(16-7-24-17-19-36-31(35)21-24)33(40)37-22-25-5-3-23(4-6-25)18-20-39/h3-6,8-15,17,19,21,30,32,39H,7,16,18,20,22H2,1-2H3,(H2,35,36)(H,37,40)(H,38,41). The number of amides is 2. The lowest BCUT2D eigenvalue weighted by Gasteiger charge is -2.24. The predicted octanol–water partition coefficient (Wildman–Crippen LogP) is 3.78. The first-order valence-electron chi connectivity index (χ1n) is 14.1. The number of nitrogens with zero attached hydrogens (tertiary/aromatic N) is 1. The van der Waals surface area contributed by atoms with E-state index in [1.807, 2.05) is 78.9 Å². The van der Waals surface area contributed by atoms with Gasteiger partial charge in [-0.15, -0.1) is 0 Å². The number of hydrogen-bond donors (Lipinski definition) is 4. The average molecular weight is 583 g/mol. The second kappa shape index (κ2) is 15.4. The monoisotopic (exact) mass is 582 g/mol. The van der Waals surface area contributed by atoms with Crippen molar-refractivity contribution in [2.24, 2.45) is 0 Å². The fraction of sp³-hybridized carbons (Fsp3) is 0.265. The summed E-state index contributed by atoms with van der Waals surface area (Å²) >= 11 is 0. The summed E-state index contributed by atoms with van der Waals surface area (Å²) in [5, 5.41) is 15.2. The van der Waals surface area contributed by atoms with Crippen LogP contribution in [0.1, 0.15) is 40.2 Å². The van der Waals surface area contributed by atoms with Crippen LogP contribution in [0.2, 0.25) is 0 Å². The third-order valence-corrected chi connectivity index (χ3v) is 7.25. The Morgan fingerprint density at radius 2 is 1.37 bits per heavy atom. The molecule has 0 aliphatic heterocycles. The largest absolute Gasteiger partial charge is 0.497 e. The SMILES string of the molecule is COc1ccc(C(C(=O)NC(CCc2ccnc(N)c2)C(=O)NCc2ccc(CCO)cc2)c2ccc(OC)cc2)cc1. The molecule has 5 N–H and O–H groups in total. The number of carbonyl (C=O) groups excluding carboxylic acids is 2. The number of pyridine rings is 1. The number of nitrogen functional groups attached to an aromatic ring is 1. The Balaban J connectivity index is 1.56. The number of aliphatic hydroxyl groups excluding tert-OH is 1. The smallest absolute Gasteiger partial charge is 0.242 e. The fourth-order valence-corrected chi connectivity index (χ4v) is 4.84. The molecular formula is C34H38N4O5. The van der Waals surface area contributed by atoms with Crippen molar-refractivity contribution < 1.29 is 24.2 Å². The van der Waals surface area contributed by atoms with Crippen LogP contribution in [-0.4, -0.2) is 48.8 Å². The van der Waals surface area contributed by atoms with E-state index in [1.54, 1.807) is 26.5 Å². The van der Waals surface area contributed by atoms with Crippen molar-refractivity contribution >= 4 is 17.6 Å². The van der Waals surface area contributed by atoms with E-state index in [0.29, 0.717) is 43.1 Å². The van der Waals surface area contributed by atoms with Gasteiger partial charge >= 0.3 is 0 Å². The summed E-state index contributed by atoms with van der Waals surface area (Å²) in [6.07, 6.45) is 3.07. The van der Waals surface area contributed by atoms with E-state index < -0.39 is 12.0 Å². The van der Waals surface area contributed by atoms with Crippen LogP contribution < -0.4 is 25.8 Å². The highest BCUT2D eigenvalue weighted by molar-refractivity contribution is 5.92. The summed E-state index contributed by atoms with van der Waals surface area (Å²) in [5.74, 6) is 0.469. The maximum Gasteiger partial charge on any atom is 0.242 e.